The average Bonchev–Trinajstić information content (AvgIpc) is 2.49. The Morgan fingerprint density at radius 3 is 2.85 bits per heavy atom. The van der Waals surface area contributed by atoms with Crippen molar-refractivity contribution in [2.24, 2.45) is 11.7 Å². The van der Waals surface area contributed by atoms with Gasteiger partial charge in [0.1, 0.15) is 6.10 Å². The number of aromatic nitrogens is 2. The first-order chi connectivity index (χ1) is 9.74. The SMILES string of the molecule is CCNC(=O)c1ccc(OC2CCCCC2CN)nn1. The van der Waals surface area contributed by atoms with Crippen molar-refractivity contribution in [3.63, 3.8) is 0 Å². The number of rotatable bonds is 5. The molecule has 2 atom stereocenters. The van der Waals surface area contributed by atoms with Crippen molar-refractivity contribution in [3.05, 3.63) is 17.8 Å². The van der Waals surface area contributed by atoms with Crippen LogP contribution >= 0.6 is 0 Å². The molecule has 1 fully saturated rings. The summed E-state index contributed by atoms with van der Waals surface area (Å²) in [5.41, 5.74) is 6.08. The summed E-state index contributed by atoms with van der Waals surface area (Å²) < 4.78 is 5.87. The van der Waals surface area contributed by atoms with Crippen LogP contribution in [0.2, 0.25) is 0 Å². The van der Waals surface area contributed by atoms with Crippen LogP contribution in [0, 0.1) is 5.92 Å². The summed E-state index contributed by atoms with van der Waals surface area (Å²) in [6.07, 6.45) is 4.58. The summed E-state index contributed by atoms with van der Waals surface area (Å²) in [6, 6.07) is 3.33. The van der Waals surface area contributed by atoms with E-state index in [-0.39, 0.29) is 12.0 Å². The van der Waals surface area contributed by atoms with Crippen molar-refractivity contribution >= 4 is 5.91 Å². The second-order valence-corrected chi connectivity index (χ2v) is 5.05. The first-order valence-corrected chi connectivity index (χ1v) is 7.23. The molecule has 1 aromatic heterocycles. The van der Waals surface area contributed by atoms with Gasteiger partial charge >= 0.3 is 0 Å². The Kier molecular flexibility index (Phi) is 5.29. The lowest BCUT2D eigenvalue weighted by Gasteiger charge is -2.30. The Hall–Kier alpha value is -1.69. The highest BCUT2D eigenvalue weighted by molar-refractivity contribution is 5.91. The molecular weight excluding hydrogens is 256 g/mol. The zero-order valence-electron chi connectivity index (χ0n) is 11.8. The quantitative estimate of drug-likeness (QED) is 0.842. The topological polar surface area (TPSA) is 90.1 Å². The molecule has 0 spiro atoms. The van der Waals surface area contributed by atoms with E-state index >= 15 is 0 Å². The number of hydrogen-bond donors (Lipinski definition) is 2. The van der Waals surface area contributed by atoms with E-state index in [1.54, 1.807) is 12.1 Å². The number of ether oxygens (including phenoxy) is 1. The summed E-state index contributed by atoms with van der Waals surface area (Å²) in [4.78, 5) is 11.6. The Balaban J connectivity index is 1.97. The number of nitrogens with one attached hydrogen (secondary N) is 1. The molecule has 1 aliphatic rings. The van der Waals surface area contributed by atoms with Crippen LogP contribution in [-0.2, 0) is 0 Å². The van der Waals surface area contributed by atoms with Crippen molar-refractivity contribution in [1.82, 2.24) is 15.5 Å². The third kappa shape index (κ3) is 3.66. The molecule has 2 rings (SSSR count). The number of carbonyl (C=O) groups is 1. The highest BCUT2D eigenvalue weighted by atomic mass is 16.5. The van der Waals surface area contributed by atoms with Crippen molar-refractivity contribution in [3.8, 4) is 5.88 Å². The molecule has 0 bridgehead atoms. The summed E-state index contributed by atoms with van der Waals surface area (Å²) in [7, 11) is 0. The van der Waals surface area contributed by atoms with Crippen LogP contribution in [0.3, 0.4) is 0 Å². The molecule has 0 saturated heterocycles. The average molecular weight is 278 g/mol. The van der Waals surface area contributed by atoms with E-state index in [1.165, 1.54) is 6.42 Å². The molecule has 1 saturated carbocycles. The molecule has 6 heteroatoms. The maximum Gasteiger partial charge on any atom is 0.271 e. The molecule has 6 nitrogen and oxygen atoms in total. The number of nitrogens with zero attached hydrogens (tertiary/aromatic N) is 2. The first kappa shape index (κ1) is 14.7. The van der Waals surface area contributed by atoms with Crippen LogP contribution < -0.4 is 15.8 Å². The van der Waals surface area contributed by atoms with Crippen molar-refractivity contribution < 1.29 is 9.53 Å². The third-order valence-corrected chi connectivity index (χ3v) is 3.62. The second kappa shape index (κ2) is 7.19. The van der Waals surface area contributed by atoms with E-state index < -0.39 is 0 Å². The zero-order valence-corrected chi connectivity index (χ0v) is 11.8. The van der Waals surface area contributed by atoms with E-state index in [9.17, 15) is 4.79 Å². The number of carbonyl (C=O) groups excluding carboxylic acids is 1. The summed E-state index contributed by atoms with van der Waals surface area (Å²) in [5, 5.41) is 10.5. The van der Waals surface area contributed by atoms with Crippen LogP contribution in [0.5, 0.6) is 5.88 Å². The minimum atomic E-state index is -0.218. The lowest BCUT2D eigenvalue weighted by Crippen LogP contribution is -2.35. The fraction of sp³-hybridized carbons (Fsp3) is 0.643. The molecule has 2 unspecified atom stereocenters. The molecule has 1 aliphatic carbocycles. The van der Waals surface area contributed by atoms with Crippen LogP contribution in [0.25, 0.3) is 0 Å². The minimum Gasteiger partial charge on any atom is -0.473 e. The number of hydrogen-bond acceptors (Lipinski definition) is 5. The molecule has 1 heterocycles. The van der Waals surface area contributed by atoms with Gasteiger partial charge in [-0.1, -0.05) is 6.42 Å². The summed E-state index contributed by atoms with van der Waals surface area (Å²) in [6.45, 7) is 3.06. The number of amides is 1. The zero-order chi connectivity index (χ0) is 14.4. The van der Waals surface area contributed by atoms with Gasteiger partial charge in [-0.05, 0) is 38.8 Å². The van der Waals surface area contributed by atoms with E-state index in [0.29, 0.717) is 30.6 Å². The molecular formula is C14H22N4O2. The molecule has 3 N–H and O–H groups in total. The lowest BCUT2D eigenvalue weighted by atomic mass is 9.86. The van der Waals surface area contributed by atoms with Gasteiger partial charge in [0.05, 0.1) is 0 Å². The second-order valence-electron chi connectivity index (χ2n) is 5.05. The van der Waals surface area contributed by atoms with Gasteiger partial charge < -0.3 is 15.8 Å². The Labute approximate surface area is 119 Å². The smallest absolute Gasteiger partial charge is 0.271 e. The third-order valence-electron chi connectivity index (χ3n) is 3.62. The molecule has 0 aromatic carbocycles. The normalized spacial score (nSPS) is 22.3. The van der Waals surface area contributed by atoms with Gasteiger partial charge in [0.25, 0.3) is 5.91 Å². The predicted molar refractivity (Wildman–Crippen MR) is 75.5 cm³/mol. The fourth-order valence-electron chi connectivity index (χ4n) is 2.51. The Morgan fingerprint density at radius 1 is 1.40 bits per heavy atom. The van der Waals surface area contributed by atoms with Gasteiger partial charge in [0, 0.05) is 18.5 Å². The van der Waals surface area contributed by atoms with Gasteiger partial charge in [-0.2, -0.15) is 0 Å². The monoisotopic (exact) mass is 278 g/mol. The predicted octanol–water partition coefficient (Wildman–Crippen LogP) is 1.12. The highest BCUT2D eigenvalue weighted by Gasteiger charge is 2.26. The highest BCUT2D eigenvalue weighted by Crippen LogP contribution is 2.26. The van der Waals surface area contributed by atoms with Crippen LogP contribution in [-0.4, -0.2) is 35.3 Å². The van der Waals surface area contributed by atoms with Gasteiger partial charge in [-0.15, -0.1) is 10.2 Å². The Bertz CT molecular complexity index is 435. The minimum absolute atomic E-state index is 0.110. The van der Waals surface area contributed by atoms with Crippen LogP contribution in [0.15, 0.2) is 12.1 Å². The van der Waals surface area contributed by atoms with E-state index in [2.05, 4.69) is 15.5 Å². The molecule has 1 aromatic rings. The molecule has 0 radical (unpaired) electrons. The van der Waals surface area contributed by atoms with E-state index in [0.717, 1.165) is 19.3 Å². The van der Waals surface area contributed by atoms with Gasteiger partial charge in [-0.3, -0.25) is 4.79 Å². The van der Waals surface area contributed by atoms with Gasteiger partial charge in [0.2, 0.25) is 5.88 Å². The molecule has 110 valence electrons. The maximum absolute atomic E-state index is 11.6. The van der Waals surface area contributed by atoms with Gasteiger partial charge in [-0.25, -0.2) is 0 Å². The molecule has 20 heavy (non-hydrogen) atoms. The number of nitrogens with two attached hydrogens (primary N) is 1. The van der Waals surface area contributed by atoms with Crippen molar-refractivity contribution in [1.29, 1.82) is 0 Å². The standard InChI is InChI=1S/C14H22N4O2/c1-2-16-14(19)11-7-8-13(18-17-11)20-12-6-4-3-5-10(12)9-15/h7-8,10,12H,2-6,9,15H2,1H3,(H,16,19). The molecule has 1 amide bonds. The summed E-state index contributed by atoms with van der Waals surface area (Å²) in [5.74, 6) is 0.626. The van der Waals surface area contributed by atoms with E-state index in [1.807, 2.05) is 6.92 Å². The summed E-state index contributed by atoms with van der Waals surface area (Å²) >= 11 is 0. The maximum atomic E-state index is 11.6. The fourth-order valence-corrected chi connectivity index (χ4v) is 2.51. The van der Waals surface area contributed by atoms with Crippen LogP contribution in [0.4, 0.5) is 0 Å². The van der Waals surface area contributed by atoms with E-state index in [4.69, 9.17) is 10.5 Å². The Morgan fingerprint density at radius 2 is 2.20 bits per heavy atom. The first-order valence-electron chi connectivity index (χ1n) is 7.23. The van der Waals surface area contributed by atoms with Crippen molar-refractivity contribution in [2.75, 3.05) is 13.1 Å². The lowest BCUT2D eigenvalue weighted by molar-refractivity contribution is 0.0903. The molecule has 0 aliphatic heterocycles. The van der Waals surface area contributed by atoms with Crippen molar-refractivity contribution in [2.45, 2.75) is 38.7 Å². The van der Waals surface area contributed by atoms with Gasteiger partial charge in [0.15, 0.2) is 5.69 Å². The largest absolute Gasteiger partial charge is 0.473 e. The van der Waals surface area contributed by atoms with Crippen LogP contribution in [0.1, 0.15) is 43.1 Å².